The number of ether oxygens (including phenoxy) is 1. The van der Waals surface area contributed by atoms with Crippen LogP contribution in [-0.4, -0.2) is 13.3 Å². The minimum Gasteiger partial charge on any atom is -0.460 e. The van der Waals surface area contributed by atoms with Crippen LogP contribution >= 0.6 is 0 Å². The highest BCUT2D eigenvalue weighted by atomic mass is 19.1. The van der Waals surface area contributed by atoms with Crippen LogP contribution in [0.2, 0.25) is 0 Å². The molecule has 3 heteroatoms. The van der Waals surface area contributed by atoms with Gasteiger partial charge in [-0.3, -0.25) is 0 Å². The summed E-state index contributed by atoms with van der Waals surface area (Å²) in [5, 5.41) is 0. The van der Waals surface area contributed by atoms with E-state index in [-0.39, 0.29) is 0 Å². The van der Waals surface area contributed by atoms with Gasteiger partial charge in [-0.2, -0.15) is 4.99 Å². The summed E-state index contributed by atoms with van der Waals surface area (Å²) < 4.78 is 16.1. The smallest absolute Gasteiger partial charge is 0.375 e. The Labute approximate surface area is 54.0 Å². The molecular formula is C6H10FNO. The molecule has 52 valence electrons. The summed E-state index contributed by atoms with van der Waals surface area (Å²) >= 11 is 0. The van der Waals surface area contributed by atoms with E-state index in [2.05, 4.69) is 9.73 Å². The molecule has 0 aromatic heterocycles. The van der Waals surface area contributed by atoms with Crippen LogP contribution in [0.25, 0.3) is 0 Å². The number of rotatable bonds is 1. The van der Waals surface area contributed by atoms with Crippen molar-refractivity contribution in [3.63, 3.8) is 0 Å². The highest BCUT2D eigenvalue weighted by Gasteiger charge is 1.86. The quantitative estimate of drug-likeness (QED) is 0.393. The Bertz CT molecular complexity index is 136. The minimum atomic E-state index is -0.809. The largest absolute Gasteiger partial charge is 0.460 e. The standard InChI is InChI=1S/C6H10FNO/c1-5(2)4-8-6(7)9-3/h4H,1-3H3/b8-6-. The maximum Gasteiger partial charge on any atom is 0.375 e. The van der Waals surface area contributed by atoms with Gasteiger partial charge in [0.25, 0.3) is 0 Å². The fourth-order valence-electron chi connectivity index (χ4n) is 0.233. The first kappa shape index (κ1) is 8.14. The fraction of sp³-hybridized carbons (Fsp3) is 0.500. The Morgan fingerprint density at radius 3 is 2.44 bits per heavy atom. The lowest BCUT2D eigenvalue weighted by Gasteiger charge is -1.88. The van der Waals surface area contributed by atoms with Crippen molar-refractivity contribution in [1.82, 2.24) is 0 Å². The second kappa shape index (κ2) is 4.06. The molecule has 0 unspecified atom stereocenters. The maximum atomic E-state index is 12.0. The molecule has 0 heterocycles. The van der Waals surface area contributed by atoms with Crippen LogP contribution in [0.3, 0.4) is 0 Å². The highest BCUT2D eigenvalue weighted by molar-refractivity contribution is 5.65. The zero-order valence-corrected chi connectivity index (χ0v) is 5.81. The van der Waals surface area contributed by atoms with Gasteiger partial charge in [-0.15, -0.1) is 4.39 Å². The third-order valence-electron chi connectivity index (χ3n) is 0.593. The van der Waals surface area contributed by atoms with Gasteiger partial charge in [-0.25, -0.2) is 0 Å². The number of aliphatic imine (C=N–C) groups is 1. The van der Waals surface area contributed by atoms with Gasteiger partial charge in [-0.1, -0.05) is 5.57 Å². The number of halogens is 1. The topological polar surface area (TPSA) is 21.6 Å². The third-order valence-corrected chi connectivity index (χ3v) is 0.593. The van der Waals surface area contributed by atoms with Crippen molar-refractivity contribution < 1.29 is 9.13 Å². The first-order valence-corrected chi connectivity index (χ1v) is 2.57. The van der Waals surface area contributed by atoms with Crippen LogP contribution < -0.4 is 0 Å². The zero-order chi connectivity index (χ0) is 7.28. The summed E-state index contributed by atoms with van der Waals surface area (Å²) in [6, 6.07) is 0. The Hall–Kier alpha value is -0.860. The molecule has 0 bridgehead atoms. The van der Waals surface area contributed by atoms with Gasteiger partial charge in [0.2, 0.25) is 0 Å². The van der Waals surface area contributed by atoms with E-state index in [0.29, 0.717) is 0 Å². The first-order chi connectivity index (χ1) is 4.16. The Morgan fingerprint density at radius 1 is 1.56 bits per heavy atom. The molecule has 0 N–H and O–H groups in total. The molecule has 0 aliphatic carbocycles. The van der Waals surface area contributed by atoms with Crippen molar-refractivity contribution in [2.45, 2.75) is 13.8 Å². The van der Waals surface area contributed by atoms with Gasteiger partial charge in [0.15, 0.2) is 0 Å². The number of methoxy groups -OCH3 is 1. The van der Waals surface area contributed by atoms with Gasteiger partial charge in [0.1, 0.15) is 0 Å². The zero-order valence-electron chi connectivity index (χ0n) is 5.81. The molecular weight excluding hydrogens is 121 g/mol. The molecule has 0 fully saturated rings. The molecule has 0 radical (unpaired) electrons. The Morgan fingerprint density at radius 2 is 2.11 bits per heavy atom. The summed E-state index contributed by atoms with van der Waals surface area (Å²) in [4.78, 5) is 3.31. The van der Waals surface area contributed by atoms with Crippen molar-refractivity contribution in [3.05, 3.63) is 11.8 Å². The van der Waals surface area contributed by atoms with Crippen molar-refractivity contribution in [3.8, 4) is 0 Å². The minimum absolute atomic E-state index is 0.809. The summed E-state index contributed by atoms with van der Waals surface area (Å²) in [5.74, 6) is 0. The van der Waals surface area contributed by atoms with Crippen LogP contribution in [0, 0.1) is 0 Å². The molecule has 0 spiro atoms. The predicted molar refractivity (Wildman–Crippen MR) is 35.0 cm³/mol. The van der Waals surface area contributed by atoms with Crippen LogP contribution in [0.5, 0.6) is 0 Å². The van der Waals surface area contributed by atoms with E-state index < -0.39 is 6.15 Å². The molecule has 0 saturated heterocycles. The van der Waals surface area contributed by atoms with E-state index in [9.17, 15) is 4.39 Å². The number of allylic oxidation sites excluding steroid dienone is 1. The van der Waals surface area contributed by atoms with Gasteiger partial charge in [0.05, 0.1) is 7.11 Å². The van der Waals surface area contributed by atoms with Crippen molar-refractivity contribution in [2.75, 3.05) is 7.11 Å². The maximum absolute atomic E-state index is 12.0. The van der Waals surface area contributed by atoms with E-state index in [1.54, 1.807) is 0 Å². The number of nitrogens with zero attached hydrogens (tertiary/aromatic N) is 1. The summed E-state index contributed by atoms with van der Waals surface area (Å²) in [6.07, 6.45) is 0.593. The molecule has 0 aliphatic rings. The van der Waals surface area contributed by atoms with Gasteiger partial charge in [0, 0.05) is 6.20 Å². The Kier molecular flexibility index (Phi) is 3.67. The van der Waals surface area contributed by atoms with Crippen LogP contribution in [-0.2, 0) is 4.74 Å². The van der Waals surface area contributed by atoms with Crippen molar-refractivity contribution in [2.24, 2.45) is 4.99 Å². The summed E-state index contributed by atoms with van der Waals surface area (Å²) in [5.41, 5.74) is 0.933. The molecule has 0 saturated carbocycles. The second-order valence-corrected chi connectivity index (χ2v) is 1.79. The third kappa shape index (κ3) is 5.00. The van der Waals surface area contributed by atoms with Crippen molar-refractivity contribution >= 4 is 6.15 Å². The lowest BCUT2D eigenvalue weighted by atomic mass is 10.4. The summed E-state index contributed by atoms with van der Waals surface area (Å²) in [7, 11) is 1.23. The van der Waals surface area contributed by atoms with E-state index in [0.717, 1.165) is 5.57 Å². The number of hydrogen-bond acceptors (Lipinski definition) is 2. The predicted octanol–water partition coefficient (Wildman–Crippen LogP) is 1.88. The lowest BCUT2D eigenvalue weighted by molar-refractivity contribution is 0.345. The van der Waals surface area contributed by atoms with E-state index in [1.807, 2.05) is 13.8 Å². The molecule has 0 amide bonds. The van der Waals surface area contributed by atoms with Crippen LogP contribution in [0.1, 0.15) is 13.8 Å². The fourth-order valence-corrected chi connectivity index (χ4v) is 0.233. The molecule has 9 heavy (non-hydrogen) atoms. The normalized spacial score (nSPS) is 10.9. The average molecular weight is 131 g/mol. The highest BCUT2D eigenvalue weighted by Crippen LogP contribution is 1.90. The Balaban J connectivity index is 3.83. The first-order valence-electron chi connectivity index (χ1n) is 2.57. The van der Waals surface area contributed by atoms with E-state index in [1.165, 1.54) is 13.3 Å². The molecule has 0 aliphatic heterocycles. The molecule has 2 nitrogen and oxygen atoms in total. The number of hydrogen-bond donors (Lipinski definition) is 0. The monoisotopic (exact) mass is 131 g/mol. The van der Waals surface area contributed by atoms with E-state index in [4.69, 9.17) is 0 Å². The van der Waals surface area contributed by atoms with Gasteiger partial charge in [-0.05, 0) is 13.8 Å². The molecule has 0 atom stereocenters. The lowest BCUT2D eigenvalue weighted by Crippen LogP contribution is -1.88. The molecule has 0 aromatic rings. The van der Waals surface area contributed by atoms with E-state index >= 15 is 0 Å². The second-order valence-electron chi connectivity index (χ2n) is 1.79. The van der Waals surface area contributed by atoms with Crippen LogP contribution in [0.4, 0.5) is 4.39 Å². The SMILES string of the molecule is CO/C(F)=N\C=C(C)C. The molecule has 0 aromatic carbocycles. The summed E-state index contributed by atoms with van der Waals surface area (Å²) in [6.45, 7) is 3.65. The van der Waals surface area contributed by atoms with Crippen molar-refractivity contribution in [1.29, 1.82) is 0 Å². The molecule has 0 rings (SSSR count). The van der Waals surface area contributed by atoms with Gasteiger partial charge < -0.3 is 4.74 Å². The average Bonchev–Trinajstić information content (AvgIpc) is 1.83. The van der Waals surface area contributed by atoms with Gasteiger partial charge >= 0.3 is 6.15 Å². The van der Waals surface area contributed by atoms with Crippen LogP contribution in [0.15, 0.2) is 16.8 Å².